The van der Waals surface area contributed by atoms with Crippen molar-refractivity contribution < 1.29 is 13.9 Å². The van der Waals surface area contributed by atoms with E-state index in [2.05, 4.69) is 22.0 Å². The Bertz CT molecular complexity index is 894. The van der Waals surface area contributed by atoms with E-state index in [1.54, 1.807) is 18.2 Å². The van der Waals surface area contributed by atoms with E-state index in [1.165, 1.54) is 19.1 Å². The standard InChI is InChI=1S/C20H21FN4O2/c1-3-27-19-9-17-16(8-18(19)24-12(2)26)20(13(10-22)11-23-17)25-15-6-4-5-14(21)7-15/h4-9,13,20,23,25H,3,11H2,1-2H3,(H,24,26). The number of nitriles is 1. The number of carbonyl (C=O) groups excluding carboxylic acids is 1. The lowest BCUT2D eigenvalue weighted by Gasteiger charge is -2.33. The summed E-state index contributed by atoms with van der Waals surface area (Å²) in [7, 11) is 0. The molecule has 0 saturated heterocycles. The van der Waals surface area contributed by atoms with Gasteiger partial charge in [0, 0.05) is 36.5 Å². The van der Waals surface area contributed by atoms with Crippen molar-refractivity contribution in [2.24, 2.45) is 5.92 Å². The number of hydrogen-bond donors (Lipinski definition) is 3. The molecule has 0 aromatic heterocycles. The minimum Gasteiger partial charge on any atom is -0.492 e. The molecule has 2 atom stereocenters. The van der Waals surface area contributed by atoms with Crippen molar-refractivity contribution in [1.82, 2.24) is 0 Å². The van der Waals surface area contributed by atoms with Crippen LogP contribution in [0.25, 0.3) is 0 Å². The van der Waals surface area contributed by atoms with E-state index in [9.17, 15) is 14.4 Å². The van der Waals surface area contributed by atoms with Crippen molar-refractivity contribution in [3.63, 3.8) is 0 Å². The molecule has 0 spiro atoms. The topological polar surface area (TPSA) is 86.2 Å². The van der Waals surface area contributed by atoms with Crippen LogP contribution in [0.2, 0.25) is 0 Å². The van der Waals surface area contributed by atoms with Gasteiger partial charge in [-0.05, 0) is 31.2 Å². The summed E-state index contributed by atoms with van der Waals surface area (Å²) in [6.45, 7) is 4.19. The molecule has 0 aliphatic carbocycles. The van der Waals surface area contributed by atoms with Gasteiger partial charge in [-0.3, -0.25) is 4.79 Å². The van der Waals surface area contributed by atoms with E-state index >= 15 is 0 Å². The van der Waals surface area contributed by atoms with Gasteiger partial charge >= 0.3 is 0 Å². The normalized spacial score (nSPS) is 17.9. The molecule has 0 bridgehead atoms. The zero-order valence-electron chi connectivity index (χ0n) is 15.2. The largest absolute Gasteiger partial charge is 0.492 e. The fraction of sp³-hybridized carbons (Fsp3) is 0.300. The van der Waals surface area contributed by atoms with Crippen molar-refractivity contribution >= 4 is 23.0 Å². The number of carbonyl (C=O) groups is 1. The molecule has 0 radical (unpaired) electrons. The monoisotopic (exact) mass is 368 g/mol. The van der Waals surface area contributed by atoms with Gasteiger partial charge in [0.05, 0.1) is 30.3 Å². The second-order valence-corrected chi connectivity index (χ2v) is 6.30. The highest BCUT2D eigenvalue weighted by Crippen LogP contribution is 2.41. The smallest absolute Gasteiger partial charge is 0.221 e. The molecule has 0 fully saturated rings. The number of ether oxygens (including phenoxy) is 1. The van der Waals surface area contributed by atoms with Crippen LogP contribution in [-0.4, -0.2) is 19.1 Å². The van der Waals surface area contributed by atoms with Crippen molar-refractivity contribution in [3.8, 4) is 11.8 Å². The van der Waals surface area contributed by atoms with Gasteiger partial charge in [0.25, 0.3) is 0 Å². The molecular formula is C20H21FN4O2. The first kappa shape index (κ1) is 18.5. The molecule has 2 aromatic carbocycles. The SMILES string of the molecule is CCOc1cc2c(cc1NC(C)=O)C(Nc1cccc(F)c1)C(C#N)CN2. The summed E-state index contributed by atoms with van der Waals surface area (Å²) in [5, 5.41) is 18.8. The Hall–Kier alpha value is -3.27. The molecule has 0 saturated carbocycles. The van der Waals surface area contributed by atoms with E-state index < -0.39 is 0 Å². The lowest BCUT2D eigenvalue weighted by molar-refractivity contribution is -0.114. The number of anilines is 3. The van der Waals surface area contributed by atoms with Crippen LogP contribution in [0.4, 0.5) is 21.5 Å². The number of hydrogen-bond acceptors (Lipinski definition) is 5. The number of fused-ring (bicyclic) bond motifs is 1. The summed E-state index contributed by atoms with van der Waals surface area (Å²) in [4.78, 5) is 11.6. The van der Waals surface area contributed by atoms with E-state index in [-0.39, 0.29) is 23.7 Å². The van der Waals surface area contributed by atoms with Crippen LogP contribution in [0.5, 0.6) is 5.75 Å². The Kier molecular flexibility index (Phi) is 5.46. The quantitative estimate of drug-likeness (QED) is 0.745. The third-order valence-corrected chi connectivity index (χ3v) is 4.32. The van der Waals surface area contributed by atoms with Crippen LogP contribution in [0.15, 0.2) is 36.4 Å². The summed E-state index contributed by atoms with van der Waals surface area (Å²) in [6.07, 6.45) is 0. The van der Waals surface area contributed by atoms with Gasteiger partial charge in [-0.25, -0.2) is 4.39 Å². The molecule has 3 N–H and O–H groups in total. The number of amides is 1. The minimum absolute atomic E-state index is 0.217. The first-order valence-corrected chi connectivity index (χ1v) is 8.75. The number of benzene rings is 2. The van der Waals surface area contributed by atoms with Gasteiger partial charge in [-0.15, -0.1) is 0 Å². The number of halogens is 1. The molecule has 1 aliphatic rings. The Morgan fingerprint density at radius 3 is 2.89 bits per heavy atom. The molecule has 1 heterocycles. The summed E-state index contributed by atoms with van der Waals surface area (Å²) in [6, 6.07) is 11.7. The summed E-state index contributed by atoms with van der Waals surface area (Å²) < 4.78 is 19.2. The Morgan fingerprint density at radius 2 is 2.22 bits per heavy atom. The van der Waals surface area contributed by atoms with E-state index in [1.807, 2.05) is 13.0 Å². The summed E-state index contributed by atoms with van der Waals surface area (Å²) in [5.74, 6) is -0.387. The van der Waals surface area contributed by atoms with E-state index in [4.69, 9.17) is 4.74 Å². The fourth-order valence-electron chi connectivity index (χ4n) is 3.18. The van der Waals surface area contributed by atoms with Gasteiger partial charge in [0.15, 0.2) is 0 Å². The summed E-state index contributed by atoms with van der Waals surface area (Å²) in [5.41, 5.74) is 2.75. The van der Waals surface area contributed by atoms with Crippen LogP contribution in [0, 0.1) is 23.1 Å². The highest BCUT2D eigenvalue weighted by molar-refractivity contribution is 5.91. The second kappa shape index (κ2) is 7.96. The number of nitrogens with zero attached hydrogens (tertiary/aromatic N) is 1. The van der Waals surface area contributed by atoms with Crippen molar-refractivity contribution in [1.29, 1.82) is 5.26 Å². The average Bonchev–Trinajstić information content (AvgIpc) is 2.62. The second-order valence-electron chi connectivity index (χ2n) is 6.30. The van der Waals surface area contributed by atoms with Gasteiger partial charge in [-0.1, -0.05) is 6.07 Å². The first-order chi connectivity index (χ1) is 13.0. The molecule has 2 aromatic rings. The number of rotatable bonds is 5. The van der Waals surface area contributed by atoms with Gasteiger partial charge in [0.1, 0.15) is 11.6 Å². The van der Waals surface area contributed by atoms with Crippen LogP contribution in [0.3, 0.4) is 0 Å². The minimum atomic E-state index is -0.371. The van der Waals surface area contributed by atoms with Gasteiger partial charge in [0.2, 0.25) is 5.91 Å². The lowest BCUT2D eigenvalue weighted by Crippen LogP contribution is -2.31. The molecule has 2 unspecified atom stereocenters. The zero-order valence-corrected chi connectivity index (χ0v) is 15.2. The maximum absolute atomic E-state index is 13.6. The molecule has 3 rings (SSSR count). The van der Waals surface area contributed by atoms with Crippen molar-refractivity contribution in [2.75, 3.05) is 29.1 Å². The zero-order chi connectivity index (χ0) is 19.4. The fourth-order valence-corrected chi connectivity index (χ4v) is 3.18. The number of nitrogens with one attached hydrogen (secondary N) is 3. The maximum Gasteiger partial charge on any atom is 0.221 e. The highest BCUT2D eigenvalue weighted by Gasteiger charge is 2.31. The lowest BCUT2D eigenvalue weighted by atomic mass is 9.88. The predicted octanol–water partition coefficient (Wildman–Crippen LogP) is 3.90. The van der Waals surface area contributed by atoms with Crippen LogP contribution < -0.4 is 20.7 Å². The van der Waals surface area contributed by atoms with Crippen molar-refractivity contribution in [3.05, 3.63) is 47.8 Å². The molecule has 27 heavy (non-hydrogen) atoms. The average molecular weight is 368 g/mol. The molecular weight excluding hydrogens is 347 g/mol. The Labute approximate surface area is 157 Å². The van der Waals surface area contributed by atoms with Gasteiger partial charge in [-0.2, -0.15) is 5.26 Å². The van der Waals surface area contributed by atoms with Crippen LogP contribution in [0.1, 0.15) is 25.5 Å². The first-order valence-electron chi connectivity index (χ1n) is 8.75. The Morgan fingerprint density at radius 1 is 1.41 bits per heavy atom. The third kappa shape index (κ3) is 4.11. The molecule has 6 nitrogen and oxygen atoms in total. The highest BCUT2D eigenvalue weighted by atomic mass is 19.1. The van der Waals surface area contributed by atoms with Crippen LogP contribution >= 0.6 is 0 Å². The predicted molar refractivity (Wildman–Crippen MR) is 102 cm³/mol. The maximum atomic E-state index is 13.6. The van der Waals surface area contributed by atoms with Gasteiger partial charge < -0.3 is 20.7 Å². The van der Waals surface area contributed by atoms with E-state index in [0.717, 1.165) is 11.3 Å². The molecule has 1 amide bonds. The third-order valence-electron chi connectivity index (χ3n) is 4.32. The molecule has 7 heteroatoms. The van der Waals surface area contributed by atoms with Crippen molar-refractivity contribution in [2.45, 2.75) is 19.9 Å². The van der Waals surface area contributed by atoms with E-state index in [0.29, 0.717) is 30.3 Å². The van der Waals surface area contributed by atoms with Crippen LogP contribution in [-0.2, 0) is 4.79 Å². The summed E-state index contributed by atoms with van der Waals surface area (Å²) >= 11 is 0. The molecule has 1 aliphatic heterocycles. The Balaban J connectivity index is 2.03. The molecule has 140 valence electrons.